The first-order valence-corrected chi connectivity index (χ1v) is 7.70. The Bertz CT molecular complexity index is 420. The van der Waals surface area contributed by atoms with E-state index in [2.05, 4.69) is 42.8 Å². The molecule has 0 spiro atoms. The summed E-state index contributed by atoms with van der Waals surface area (Å²) in [4.78, 5) is 12.0. The molecule has 2 atom stereocenters. The number of rotatable bonds is 5. The quantitative estimate of drug-likeness (QED) is 0.809. The third-order valence-corrected chi connectivity index (χ3v) is 4.46. The zero-order chi connectivity index (χ0) is 13.8. The van der Waals surface area contributed by atoms with Crippen LogP contribution in [0, 0.1) is 11.8 Å². The van der Waals surface area contributed by atoms with Gasteiger partial charge in [0.05, 0.1) is 11.7 Å². The fourth-order valence-electron chi connectivity index (χ4n) is 3.13. The number of Topliss-reactive ketones (excluding diaryl/α,β-unsaturated/α-hetero) is 1. The molecule has 0 bridgehead atoms. The molecule has 2 unspecified atom stereocenters. The molecular formula is C16H26N2O. The predicted molar refractivity (Wildman–Crippen MR) is 77.1 cm³/mol. The van der Waals surface area contributed by atoms with Crippen LogP contribution in [0.2, 0.25) is 0 Å². The van der Waals surface area contributed by atoms with Gasteiger partial charge in [-0.1, -0.05) is 20.8 Å². The van der Waals surface area contributed by atoms with Crippen molar-refractivity contribution in [2.24, 2.45) is 11.8 Å². The summed E-state index contributed by atoms with van der Waals surface area (Å²) < 4.78 is 2.08. The molecule has 0 N–H and O–H groups in total. The van der Waals surface area contributed by atoms with Gasteiger partial charge in [0.1, 0.15) is 5.78 Å². The molecule has 0 aliphatic heterocycles. The zero-order valence-corrected chi connectivity index (χ0v) is 12.4. The first-order chi connectivity index (χ1) is 9.13. The summed E-state index contributed by atoms with van der Waals surface area (Å²) in [5.41, 5.74) is 1.08. The van der Waals surface area contributed by atoms with Crippen molar-refractivity contribution in [1.29, 1.82) is 0 Å². The van der Waals surface area contributed by atoms with E-state index >= 15 is 0 Å². The van der Waals surface area contributed by atoms with Crippen molar-refractivity contribution >= 4 is 5.78 Å². The lowest BCUT2D eigenvalue weighted by atomic mass is 9.79. The van der Waals surface area contributed by atoms with Crippen LogP contribution in [0.4, 0.5) is 0 Å². The second kappa shape index (κ2) is 6.36. The predicted octanol–water partition coefficient (Wildman–Crippen LogP) is 3.79. The second-order valence-corrected chi connectivity index (χ2v) is 6.00. The molecular weight excluding hydrogens is 236 g/mol. The minimum Gasteiger partial charge on any atom is -0.299 e. The van der Waals surface area contributed by atoms with Gasteiger partial charge in [-0.25, -0.2) is 0 Å². The van der Waals surface area contributed by atoms with E-state index in [-0.39, 0.29) is 5.92 Å². The molecule has 0 aromatic carbocycles. The molecule has 2 rings (SSSR count). The van der Waals surface area contributed by atoms with Crippen molar-refractivity contribution in [3.63, 3.8) is 0 Å². The maximum Gasteiger partial charge on any atom is 0.136 e. The van der Waals surface area contributed by atoms with E-state index < -0.39 is 0 Å². The van der Waals surface area contributed by atoms with Gasteiger partial charge in [-0.05, 0) is 37.7 Å². The highest BCUT2D eigenvalue weighted by molar-refractivity contribution is 5.81. The Morgan fingerprint density at radius 1 is 1.42 bits per heavy atom. The van der Waals surface area contributed by atoms with Crippen LogP contribution in [-0.2, 0) is 11.2 Å². The monoisotopic (exact) mass is 262 g/mol. The smallest absolute Gasteiger partial charge is 0.136 e. The van der Waals surface area contributed by atoms with Gasteiger partial charge in [0.15, 0.2) is 0 Å². The van der Waals surface area contributed by atoms with E-state index in [9.17, 15) is 4.79 Å². The Balaban J connectivity index is 2.01. The number of carbonyl (C=O) groups is 1. The van der Waals surface area contributed by atoms with Gasteiger partial charge in [-0.3, -0.25) is 9.48 Å². The van der Waals surface area contributed by atoms with Crippen LogP contribution < -0.4 is 0 Å². The fourth-order valence-corrected chi connectivity index (χ4v) is 3.13. The van der Waals surface area contributed by atoms with E-state index in [0.29, 0.717) is 17.7 Å². The SMILES string of the molecule is CCC(CC)n1ccc(CC2CC(C)CCC2=O)n1. The molecule has 1 aromatic rings. The van der Waals surface area contributed by atoms with Gasteiger partial charge in [0, 0.05) is 25.0 Å². The van der Waals surface area contributed by atoms with Crippen LogP contribution in [0.5, 0.6) is 0 Å². The summed E-state index contributed by atoms with van der Waals surface area (Å²) in [6, 6.07) is 2.58. The van der Waals surface area contributed by atoms with E-state index in [1.807, 2.05) is 0 Å². The minimum absolute atomic E-state index is 0.203. The van der Waals surface area contributed by atoms with Crippen molar-refractivity contribution < 1.29 is 4.79 Å². The summed E-state index contributed by atoms with van der Waals surface area (Å²) in [6.45, 7) is 6.64. The average molecular weight is 262 g/mol. The number of nitrogens with zero attached hydrogens (tertiary/aromatic N) is 2. The molecule has 1 saturated carbocycles. The van der Waals surface area contributed by atoms with Gasteiger partial charge < -0.3 is 0 Å². The van der Waals surface area contributed by atoms with E-state index in [4.69, 9.17) is 0 Å². The van der Waals surface area contributed by atoms with E-state index in [1.54, 1.807) is 0 Å². The largest absolute Gasteiger partial charge is 0.299 e. The molecule has 0 saturated heterocycles. The topological polar surface area (TPSA) is 34.9 Å². The first kappa shape index (κ1) is 14.3. The van der Waals surface area contributed by atoms with Crippen molar-refractivity contribution in [2.75, 3.05) is 0 Å². The van der Waals surface area contributed by atoms with Crippen molar-refractivity contribution in [2.45, 2.75) is 65.3 Å². The lowest BCUT2D eigenvalue weighted by molar-refractivity contribution is -0.125. The molecule has 3 heteroatoms. The first-order valence-electron chi connectivity index (χ1n) is 7.70. The maximum absolute atomic E-state index is 12.0. The number of hydrogen-bond donors (Lipinski definition) is 0. The normalized spacial score (nSPS) is 24.1. The summed E-state index contributed by atoms with van der Waals surface area (Å²) in [5.74, 6) is 1.33. The average Bonchev–Trinajstić information content (AvgIpc) is 2.84. The number of hydrogen-bond acceptors (Lipinski definition) is 2. The van der Waals surface area contributed by atoms with Gasteiger partial charge >= 0.3 is 0 Å². The maximum atomic E-state index is 12.0. The van der Waals surface area contributed by atoms with Crippen LogP contribution >= 0.6 is 0 Å². The number of aromatic nitrogens is 2. The van der Waals surface area contributed by atoms with Crippen LogP contribution in [-0.4, -0.2) is 15.6 Å². The van der Waals surface area contributed by atoms with E-state index in [1.165, 1.54) is 0 Å². The Kier molecular flexibility index (Phi) is 4.78. The van der Waals surface area contributed by atoms with E-state index in [0.717, 1.165) is 44.2 Å². The third kappa shape index (κ3) is 3.46. The van der Waals surface area contributed by atoms with Crippen LogP contribution in [0.15, 0.2) is 12.3 Å². The Morgan fingerprint density at radius 3 is 2.84 bits per heavy atom. The lowest BCUT2D eigenvalue weighted by Crippen LogP contribution is -2.25. The molecule has 0 amide bonds. The molecule has 1 aromatic heterocycles. The summed E-state index contributed by atoms with van der Waals surface area (Å²) in [5, 5.41) is 4.67. The third-order valence-electron chi connectivity index (χ3n) is 4.46. The minimum atomic E-state index is 0.203. The van der Waals surface area contributed by atoms with Crippen molar-refractivity contribution in [3.8, 4) is 0 Å². The summed E-state index contributed by atoms with van der Waals surface area (Å²) in [7, 11) is 0. The van der Waals surface area contributed by atoms with Crippen molar-refractivity contribution in [1.82, 2.24) is 9.78 Å². The highest BCUT2D eigenvalue weighted by Gasteiger charge is 2.27. The molecule has 1 aliphatic carbocycles. The summed E-state index contributed by atoms with van der Waals surface area (Å²) >= 11 is 0. The van der Waals surface area contributed by atoms with Crippen LogP contribution in [0.3, 0.4) is 0 Å². The van der Waals surface area contributed by atoms with Gasteiger partial charge in [-0.15, -0.1) is 0 Å². The number of ketones is 1. The highest BCUT2D eigenvalue weighted by atomic mass is 16.1. The highest BCUT2D eigenvalue weighted by Crippen LogP contribution is 2.28. The van der Waals surface area contributed by atoms with Crippen LogP contribution in [0.1, 0.15) is 64.6 Å². The Labute approximate surface area is 116 Å². The lowest BCUT2D eigenvalue weighted by Gasteiger charge is -2.24. The molecule has 1 heterocycles. The molecule has 3 nitrogen and oxygen atoms in total. The van der Waals surface area contributed by atoms with Gasteiger partial charge in [-0.2, -0.15) is 5.10 Å². The Morgan fingerprint density at radius 2 is 2.16 bits per heavy atom. The summed E-state index contributed by atoms with van der Waals surface area (Å²) in [6.07, 6.45) is 7.99. The molecule has 0 radical (unpaired) electrons. The second-order valence-electron chi connectivity index (χ2n) is 6.00. The van der Waals surface area contributed by atoms with Gasteiger partial charge in [0.2, 0.25) is 0 Å². The zero-order valence-electron chi connectivity index (χ0n) is 12.4. The molecule has 1 fully saturated rings. The number of carbonyl (C=O) groups excluding carboxylic acids is 1. The van der Waals surface area contributed by atoms with Crippen molar-refractivity contribution in [3.05, 3.63) is 18.0 Å². The fraction of sp³-hybridized carbons (Fsp3) is 0.750. The molecule has 19 heavy (non-hydrogen) atoms. The van der Waals surface area contributed by atoms with Gasteiger partial charge in [0.25, 0.3) is 0 Å². The van der Waals surface area contributed by atoms with Crippen LogP contribution in [0.25, 0.3) is 0 Å². The molecule has 1 aliphatic rings. The standard InChI is InChI=1S/C16H26N2O/c1-4-15(5-2)18-9-8-14(17-18)11-13-10-12(3)6-7-16(13)19/h8-9,12-13,15H,4-7,10-11H2,1-3H3. The molecule has 106 valence electrons. The Hall–Kier alpha value is -1.12.